The fourth-order valence-corrected chi connectivity index (χ4v) is 3.05. The van der Waals surface area contributed by atoms with Crippen LogP contribution < -0.4 is 5.73 Å². The summed E-state index contributed by atoms with van der Waals surface area (Å²) in [5.41, 5.74) is 6.11. The average molecular weight is 276 g/mol. The van der Waals surface area contributed by atoms with Crippen LogP contribution in [0.15, 0.2) is 11.4 Å². The fourth-order valence-electron chi connectivity index (χ4n) is 2.30. The van der Waals surface area contributed by atoms with E-state index in [4.69, 9.17) is 5.73 Å². The number of nitrogens with zero attached hydrogens (tertiary/aromatic N) is 1. The molecule has 1 aliphatic heterocycles. The van der Waals surface area contributed by atoms with E-state index in [1.54, 1.807) is 0 Å². The van der Waals surface area contributed by atoms with Gasteiger partial charge in [0.15, 0.2) is 0 Å². The Morgan fingerprint density at radius 1 is 1.53 bits per heavy atom. The first-order valence-electron chi connectivity index (χ1n) is 6.77. The van der Waals surface area contributed by atoms with Gasteiger partial charge in [-0.15, -0.1) is 11.3 Å². The Hall–Kier alpha value is -1.31. The molecule has 0 aliphatic carbocycles. The molecule has 19 heavy (non-hydrogen) atoms. The van der Waals surface area contributed by atoms with Gasteiger partial charge in [-0.2, -0.15) is 0 Å². The molecule has 1 aliphatic rings. The zero-order valence-electron chi connectivity index (χ0n) is 11.3. The van der Waals surface area contributed by atoms with Gasteiger partial charge in [-0.3, -0.25) is 4.79 Å². The Labute approximate surface area is 118 Å². The molecule has 1 atom stereocenters. The summed E-state index contributed by atoms with van der Waals surface area (Å²) in [7, 11) is 0. The molecule has 0 saturated carbocycles. The Morgan fingerprint density at radius 2 is 2.37 bits per heavy atom. The van der Waals surface area contributed by atoms with E-state index in [0.717, 1.165) is 42.3 Å². The number of amides is 1. The predicted molar refractivity (Wildman–Crippen MR) is 79.2 cm³/mol. The van der Waals surface area contributed by atoms with Crippen LogP contribution in [0.4, 0.5) is 0 Å². The number of hydrogen-bond donors (Lipinski definition) is 1. The van der Waals surface area contributed by atoms with Gasteiger partial charge in [0.1, 0.15) is 0 Å². The van der Waals surface area contributed by atoms with Crippen molar-refractivity contribution in [2.24, 2.45) is 11.7 Å². The highest BCUT2D eigenvalue weighted by Crippen LogP contribution is 2.20. The molecular weight excluding hydrogens is 256 g/mol. The van der Waals surface area contributed by atoms with Crippen molar-refractivity contribution in [1.82, 2.24) is 4.90 Å². The van der Waals surface area contributed by atoms with Crippen LogP contribution in [0, 0.1) is 17.8 Å². The van der Waals surface area contributed by atoms with Crippen LogP contribution in [0.1, 0.15) is 41.4 Å². The van der Waals surface area contributed by atoms with Gasteiger partial charge in [0.2, 0.25) is 0 Å². The zero-order valence-corrected chi connectivity index (χ0v) is 12.1. The Kier molecular flexibility index (Phi) is 5.00. The number of carbonyl (C=O) groups is 1. The molecule has 2 rings (SSSR count). The molecule has 4 heteroatoms. The van der Waals surface area contributed by atoms with Crippen LogP contribution in [0.3, 0.4) is 0 Å². The Balaban J connectivity index is 2.04. The third kappa shape index (κ3) is 3.82. The van der Waals surface area contributed by atoms with E-state index in [-0.39, 0.29) is 5.91 Å². The molecule has 2 N–H and O–H groups in total. The standard InChI is InChI=1S/C15H20N2OS/c1-12-4-3-8-17(9-6-12)15(18)13-10-14(19-11-13)5-2-7-16/h10-12H,3-4,6-9,16H2,1H3. The molecule has 0 spiro atoms. The van der Waals surface area contributed by atoms with Crippen molar-refractivity contribution in [3.63, 3.8) is 0 Å². The van der Waals surface area contributed by atoms with E-state index in [0.29, 0.717) is 6.54 Å². The number of carbonyl (C=O) groups excluding carboxylic acids is 1. The van der Waals surface area contributed by atoms with E-state index in [1.165, 1.54) is 17.8 Å². The van der Waals surface area contributed by atoms with Gasteiger partial charge in [-0.1, -0.05) is 18.8 Å². The second-order valence-electron chi connectivity index (χ2n) is 5.03. The summed E-state index contributed by atoms with van der Waals surface area (Å²) >= 11 is 1.51. The average Bonchev–Trinajstić information content (AvgIpc) is 2.78. The Bertz CT molecular complexity index is 498. The number of rotatable bonds is 1. The molecule has 0 bridgehead atoms. The maximum Gasteiger partial charge on any atom is 0.254 e. The fraction of sp³-hybridized carbons (Fsp3) is 0.533. The van der Waals surface area contributed by atoms with Gasteiger partial charge in [-0.05, 0) is 31.2 Å². The smallest absolute Gasteiger partial charge is 0.254 e. The molecule has 1 saturated heterocycles. The van der Waals surface area contributed by atoms with Crippen molar-refractivity contribution >= 4 is 17.2 Å². The van der Waals surface area contributed by atoms with Crippen LogP contribution in [-0.4, -0.2) is 30.4 Å². The van der Waals surface area contributed by atoms with Gasteiger partial charge >= 0.3 is 0 Å². The lowest BCUT2D eigenvalue weighted by molar-refractivity contribution is 0.0761. The van der Waals surface area contributed by atoms with E-state index < -0.39 is 0 Å². The van der Waals surface area contributed by atoms with Crippen molar-refractivity contribution < 1.29 is 4.79 Å². The highest BCUT2D eigenvalue weighted by molar-refractivity contribution is 7.10. The number of likely N-dealkylation sites (tertiary alicyclic amines) is 1. The molecule has 0 aromatic carbocycles. The second-order valence-corrected chi connectivity index (χ2v) is 5.95. The summed E-state index contributed by atoms with van der Waals surface area (Å²) < 4.78 is 0. The minimum atomic E-state index is 0.145. The lowest BCUT2D eigenvalue weighted by atomic mass is 10.0. The largest absolute Gasteiger partial charge is 0.339 e. The van der Waals surface area contributed by atoms with Crippen LogP contribution in [0.25, 0.3) is 0 Å². The van der Waals surface area contributed by atoms with Crippen molar-refractivity contribution in [3.05, 3.63) is 21.9 Å². The lowest BCUT2D eigenvalue weighted by Gasteiger charge is -2.19. The molecule has 3 nitrogen and oxygen atoms in total. The Morgan fingerprint density at radius 3 is 3.16 bits per heavy atom. The third-order valence-corrected chi connectivity index (χ3v) is 4.31. The molecule has 1 aromatic rings. The summed E-state index contributed by atoms with van der Waals surface area (Å²) in [4.78, 5) is 15.3. The highest BCUT2D eigenvalue weighted by atomic mass is 32.1. The monoisotopic (exact) mass is 276 g/mol. The van der Waals surface area contributed by atoms with Crippen molar-refractivity contribution in [1.29, 1.82) is 0 Å². The molecule has 2 heterocycles. The van der Waals surface area contributed by atoms with Gasteiger partial charge in [0, 0.05) is 18.5 Å². The number of hydrogen-bond acceptors (Lipinski definition) is 3. The summed E-state index contributed by atoms with van der Waals surface area (Å²) in [5.74, 6) is 6.66. The van der Waals surface area contributed by atoms with Crippen LogP contribution >= 0.6 is 11.3 Å². The summed E-state index contributed by atoms with van der Waals surface area (Å²) in [6.45, 7) is 4.37. The van der Waals surface area contributed by atoms with Crippen LogP contribution in [0.5, 0.6) is 0 Å². The van der Waals surface area contributed by atoms with Gasteiger partial charge in [0.05, 0.1) is 17.0 Å². The van der Waals surface area contributed by atoms with E-state index >= 15 is 0 Å². The number of nitrogens with two attached hydrogens (primary N) is 1. The topological polar surface area (TPSA) is 46.3 Å². The SMILES string of the molecule is CC1CCCN(C(=O)c2csc(C#CCN)c2)CC1. The summed E-state index contributed by atoms with van der Waals surface area (Å²) in [5, 5.41) is 1.90. The predicted octanol–water partition coefficient (Wildman–Crippen LogP) is 2.32. The number of thiophene rings is 1. The first kappa shape index (κ1) is 14.1. The molecule has 0 radical (unpaired) electrons. The first-order valence-corrected chi connectivity index (χ1v) is 7.65. The maximum absolute atomic E-state index is 12.4. The zero-order chi connectivity index (χ0) is 13.7. The van der Waals surface area contributed by atoms with Crippen LogP contribution in [-0.2, 0) is 0 Å². The van der Waals surface area contributed by atoms with E-state index in [9.17, 15) is 4.79 Å². The molecule has 1 fully saturated rings. The van der Waals surface area contributed by atoms with Crippen molar-refractivity contribution in [2.45, 2.75) is 26.2 Å². The highest BCUT2D eigenvalue weighted by Gasteiger charge is 2.20. The maximum atomic E-state index is 12.4. The molecular formula is C15H20N2OS. The summed E-state index contributed by atoms with van der Waals surface area (Å²) in [6, 6.07) is 1.88. The molecule has 1 amide bonds. The molecule has 1 unspecified atom stereocenters. The van der Waals surface area contributed by atoms with Gasteiger partial charge in [-0.25, -0.2) is 0 Å². The molecule has 102 valence electrons. The first-order chi connectivity index (χ1) is 9.20. The van der Waals surface area contributed by atoms with E-state index in [2.05, 4.69) is 18.8 Å². The van der Waals surface area contributed by atoms with Crippen molar-refractivity contribution in [2.75, 3.05) is 19.6 Å². The van der Waals surface area contributed by atoms with Crippen LogP contribution in [0.2, 0.25) is 0 Å². The quantitative estimate of drug-likeness (QED) is 0.800. The van der Waals surface area contributed by atoms with E-state index in [1.807, 2.05) is 16.3 Å². The van der Waals surface area contributed by atoms with Gasteiger partial charge in [0.25, 0.3) is 5.91 Å². The van der Waals surface area contributed by atoms with Crippen molar-refractivity contribution in [3.8, 4) is 11.8 Å². The molecule has 1 aromatic heterocycles. The second kappa shape index (κ2) is 6.74. The minimum absolute atomic E-state index is 0.145. The normalized spacial score (nSPS) is 19.5. The third-order valence-electron chi connectivity index (χ3n) is 3.46. The lowest BCUT2D eigenvalue weighted by Crippen LogP contribution is -2.31. The van der Waals surface area contributed by atoms with Gasteiger partial charge < -0.3 is 10.6 Å². The minimum Gasteiger partial charge on any atom is -0.339 e. The summed E-state index contributed by atoms with van der Waals surface area (Å²) in [6.07, 6.45) is 3.44.